The van der Waals surface area contributed by atoms with Crippen molar-refractivity contribution in [2.75, 3.05) is 23.3 Å². The summed E-state index contributed by atoms with van der Waals surface area (Å²) in [4.78, 5) is 14.5. The summed E-state index contributed by atoms with van der Waals surface area (Å²) in [5, 5.41) is 10.00. The second-order valence-electron chi connectivity index (χ2n) is 3.84. The molecular weight excluding hydrogens is 266 g/mol. The lowest BCUT2D eigenvalue weighted by atomic mass is 10.4. The molecule has 2 heterocycles. The number of rotatable bonds is 6. The van der Waals surface area contributed by atoms with Crippen LogP contribution in [0.1, 0.15) is 19.5 Å². The molecule has 2 aromatic rings. The quantitative estimate of drug-likeness (QED) is 0.839. The van der Waals surface area contributed by atoms with E-state index in [0.29, 0.717) is 18.4 Å². The van der Waals surface area contributed by atoms with Gasteiger partial charge < -0.3 is 10.2 Å². The van der Waals surface area contributed by atoms with E-state index in [4.69, 9.17) is 11.6 Å². The van der Waals surface area contributed by atoms with Gasteiger partial charge in [0.25, 0.3) is 0 Å². The lowest BCUT2D eigenvalue weighted by Gasteiger charge is -2.18. The van der Waals surface area contributed by atoms with Gasteiger partial charge in [0.2, 0.25) is 17.2 Å². The summed E-state index contributed by atoms with van der Waals surface area (Å²) in [6, 6.07) is 1.88. The molecule has 0 spiro atoms. The summed E-state index contributed by atoms with van der Waals surface area (Å²) in [6.45, 7) is 6.27. The zero-order chi connectivity index (χ0) is 13.7. The number of anilines is 2. The van der Waals surface area contributed by atoms with Crippen LogP contribution in [-0.4, -0.2) is 38.2 Å². The fourth-order valence-electron chi connectivity index (χ4n) is 1.62. The minimum absolute atomic E-state index is 0.184. The number of hydrogen-bond acceptors (Lipinski definition) is 6. The summed E-state index contributed by atoms with van der Waals surface area (Å²) >= 11 is 5.92. The Morgan fingerprint density at radius 1 is 1.26 bits per heavy atom. The van der Waals surface area contributed by atoms with Crippen molar-refractivity contribution < 1.29 is 0 Å². The fourth-order valence-corrected chi connectivity index (χ4v) is 1.78. The van der Waals surface area contributed by atoms with Gasteiger partial charge in [0, 0.05) is 19.3 Å². The minimum atomic E-state index is 0.184. The summed E-state index contributed by atoms with van der Waals surface area (Å²) in [5.74, 6) is 1.04. The second-order valence-corrected chi connectivity index (χ2v) is 4.17. The Morgan fingerprint density at radius 2 is 2.05 bits per heavy atom. The predicted molar refractivity (Wildman–Crippen MR) is 74.3 cm³/mol. The molecule has 0 bridgehead atoms. The Kier molecular flexibility index (Phi) is 4.51. The average molecular weight is 282 g/mol. The summed E-state index contributed by atoms with van der Waals surface area (Å²) in [7, 11) is 0. The molecule has 0 aromatic carbocycles. The summed E-state index contributed by atoms with van der Waals surface area (Å²) < 4.78 is 0. The van der Waals surface area contributed by atoms with Crippen molar-refractivity contribution in [3.63, 3.8) is 0 Å². The maximum Gasteiger partial charge on any atom is 0.231 e. The first-order valence-electron chi connectivity index (χ1n) is 6.11. The number of H-pyrrole nitrogens is 1. The van der Waals surface area contributed by atoms with Gasteiger partial charge in [-0.25, -0.2) is 0 Å². The maximum absolute atomic E-state index is 5.92. The highest BCUT2D eigenvalue weighted by molar-refractivity contribution is 6.28. The zero-order valence-corrected chi connectivity index (χ0v) is 11.6. The zero-order valence-electron chi connectivity index (χ0n) is 10.9. The van der Waals surface area contributed by atoms with Crippen LogP contribution in [0.5, 0.6) is 0 Å². The minimum Gasteiger partial charge on any atom is -0.348 e. The van der Waals surface area contributed by atoms with E-state index in [1.165, 1.54) is 0 Å². The van der Waals surface area contributed by atoms with Crippen LogP contribution in [0.3, 0.4) is 0 Å². The van der Waals surface area contributed by atoms with Gasteiger partial charge in [0.1, 0.15) is 0 Å². The van der Waals surface area contributed by atoms with Crippen LogP contribution in [0.4, 0.5) is 11.9 Å². The van der Waals surface area contributed by atoms with Crippen LogP contribution in [0.2, 0.25) is 5.28 Å². The molecule has 0 aliphatic heterocycles. The second kappa shape index (κ2) is 6.33. The number of hydrogen-bond donors (Lipinski definition) is 2. The van der Waals surface area contributed by atoms with Crippen LogP contribution in [0.25, 0.3) is 0 Å². The third kappa shape index (κ3) is 3.54. The van der Waals surface area contributed by atoms with E-state index < -0.39 is 0 Å². The van der Waals surface area contributed by atoms with Gasteiger partial charge in [-0.2, -0.15) is 20.1 Å². The number of halogens is 1. The first-order valence-corrected chi connectivity index (χ1v) is 6.49. The van der Waals surface area contributed by atoms with Crippen LogP contribution in [0, 0.1) is 0 Å². The third-order valence-corrected chi connectivity index (χ3v) is 2.81. The molecule has 0 saturated carbocycles. The molecule has 102 valence electrons. The first-order chi connectivity index (χ1) is 9.22. The van der Waals surface area contributed by atoms with Crippen LogP contribution < -0.4 is 10.2 Å². The first kappa shape index (κ1) is 13.5. The monoisotopic (exact) mass is 281 g/mol. The van der Waals surface area contributed by atoms with Crippen molar-refractivity contribution in [2.24, 2.45) is 0 Å². The molecule has 2 rings (SSSR count). The lowest BCUT2D eigenvalue weighted by molar-refractivity contribution is 0.810. The Morgan fingerprint density at radius 3 is 2.68 bits per heavy atom. The van der Waals surface area contributed by atoms with Gasteiger partial charge in [-0.3, -0.25) is 5.10 Å². The molecule has 0 atom stereocenters. The van der Waals surface area contributed by atoms with Crippen LogP contribution >= 0.6 is 11.6 Å². The maximum atomic E-state index is 5.92. The number of aromatic nitrogens is 5. The fraction of sp³-hybridized carbons (Fsp3) is 0.455. The van der Waals surface area contributed by atoms with Gasteiger partial charge in [0.05, 0.1) is 12.2 Å². The van der Waals surface area contributed by atoms with E-state index in [1.807, 2.05) is 24.8 Å². The Hall–Kier alpha value is -1.89. The molecule has 7 nitrogen and oxygen atoms in total. The highest BCUT2D eigenvalue weighted by atomic mass is 35.5. The number of aromatic amines is 1. The molecule has 2 aromatic heterocycles. The molecule has 0 radical (unpaired) electrons. The highest BCUT2D eigenvalue weighted by Crippen LogP contribution is 2.13. The van der Waals surface area contributed by atoms with Crippen molar-refractivity contribution in [1.29, 1.82) is 0 Å². The predicted octanol–water partition coefficient (Wildman–Crippen LogP) is 1.71. The van der Waals surface area contributed by atoms with Gasteiger partial charge in [-0.1, -0.05) is 0 Å². The molecule has 0 amide bonds. The number of nitrogens with zero attached hydrogens (tertiary/aromatic N) is 5. The van der Waals surface area contributed by atoms with Crippen molar-refractivity contribution in [3.8, 4) is 0 Å². The van der Waals surface area contributed by atoms with E-state index in [-0.39, 0.29) is 5.28 Å². The molecular formula is C11H16ClN7. The van der Waals surface area contributed by atoms with Crippen molar-refractivity contribution in [3.05, 3.63) is 23.2 Å². The standard InChI is InChI=1S/C11H16ClN7/c1-3-19(4-2)11-16-9(12)15-10(17-11)13-7-8-5-6-14-18-8/h5-6H,3-4,7H2,1-2H3,(H,14,18)(H,13,15,16,17). The van der Waals surface area contributed by atoms with Gasteiger partial charge in [-0.05, 0) is 31.5 Å². The normalized spacial score (nSPS) is 10.5. The van der Waals surface area contributed by atoms with E-state index in [1.54, 1.807) is 6.20 Å². The van der Waals surface area contributed by atoms with Crippen LogP contribution in [-0.2, 0) is 6.54 Å². The SMILES string of the molecule is CCN(CC)c1nc(Cl)nc(NCc2ccn[nH]2)n1. The van der Waals surface area contributed by atoms with Gasteiger partial charge in [0.15, 0.2) is 0 Å². The lowest BCUT2D eigenvalue weighted by Crippen LogP contribution is -2.25. The largest absolute Gasteiger partial charge is 0.348 e. The number of nitrogens with one attached hydrogen (secondary N) is 2. The van der Waals surface area contributed by atoms with Crippen molar-refractivity contribution in [2.45, 2.75) is 20.4 Å². The molecule has 2 N–H and O–H groups in total. The Balaban J connectivity index is 2.12. The topological polar surface area (TPSA) is 82.6 Å². The molecule has 0 unspecified atom stereocenters. The molecule has 0 saturated heterocycles. The molecule has 0 aliphatic rings. The molecule has 8 heteroatoms. The molecule has 0 aliphatic carbocycles. The van der Waals surface area contributed by atoms with Crippen molar-refractivity contribution in [1.82, 2.24) is 25.1 Å². The average Bonchev–Trinajstić information content (AvgIpc) is 2.90. The van der Waals surface area contributed by atoms with Crippen molar-refractivity contribution >= 4 is 23.5 Å². The molecule has 0 fully saturated rings. The van der Waals surface area contributed by atoms with Gasteiger partial charge in [-0.15, -0.1) is 0 Å². The van der Waals surface area contributed by atoms with E-state index in [0.717, 1.165) is 18.8 Å². The van der Waals surface area contributed by atoms with E-state index >= 15 is 0 Å². The highest BCUT2D eigenvalue weighted by Gasteiger charge is 2.10. The molecule has 19 heavy (non-hydrogen) atoms. The smallest absolute Gasteiger partial charge is 0.231 e. The third-order valence-electron chi connectivity index (χ3n) is 2.64. The van der Waals surface area contributed by atoms with E-state index in [9.17, 15) is 0 Å². The Bertz CT molecular complexity index is 510. The van der Waals surface area contributed by atoms with Crippen LogP contribution in [0.15, 0.2) is 12.3 Å². The van der Waals surface area contributed by atoms with E-state index in [2.05, 4.69) is 30.5 Å². The Labute approximate surface area is 116 Å². The summed E-state index contributed by atoms with van der Waals surface area (Å²) in [5.41, 5.74) is 0.945. The summed E-state index contributed by atoms with van der Waals surface area (Å²) in [6.07, 6.45) is 1.69. The van der Waals surface area contributed by atoms with Gasteiger partial charge >= 0.3 is 0 Å².